The van der Waals surface area contributed by atoms with Crippen molar-refractivity contribution in [2.75, 3.05) is 25.5 Å². The number of hydrogen-bond donors (Lipinski definition) is 1. The third-order valence-corrected chi connectivity index (χ3v) is 5.65. The van der Waals surface area contributed by atoms with E-state index < -0.39 is 0 Å². The molecule has 0 fully saturated rings. The molecule has 142 valence electrons. The lowest BCUT2D eigenvalue weighted by atomic mass is 9.91. The van der Waals surface area contributed by atoms with Crippen LogP contribution in [0.4, 0.5) is 10.5 Å². The maximum atomic E-state index is 12.5. The zero-order chi connectivity index (χ0) is 19.4. The highest BCUT2D eigenvalue weighted by molar-refractivity contribution is 9.10. The highest BCUT2D eigenvalue weighted by Gasteiger charge is 2.29. The Bertz CT molecular complexity index is 850. The number of nitrogens with zero attached hydrogens (tertiary/aromatic N) is 1. The average Bonchev–Trinajstić information content (AvgIpc) is 2.68. The van der Waals surface area contributed by atoms with Gasteiger partial charge in [-0.2, -0.15) is 0 Å². The summed E-state index contributed by atoms with van der Waals surface area (Å²) in [6.45, 7) is 2.81. The van der Waals surface area contributed by atoms with Crippen molar-refractivity contribution in [1.29, 1.82) is 0 Å². The van der Waals surface area contributed by atoms with E-state index in [2.05, 4.69) is 55.4 Å². The molecule has 3 rings (SSSR count). The second-order valence-corrected chi connectivity index (χ2v) is 8.10. The number of carbonyl (C=O) groups excluding carboxylic acids is 1. The van der Waals surface area contributed by atoms with Crippen LogP contribution in [0.1, 0.15) is 30.5 Å². The molecule has 0 radical (unpaired) electrons. The second kappa shape index (κ2) is 8.93. The van der Waals surface area contributed by atoms with Crippen LogP contribution in [0, 0.1) is 0 Å². The largest absolute Gasteiger partial charge is 0.450 e. The molecule has 1 atom stereocenters. The molecule has 0 bridgehead atoms. The number of nitrogens with one attached hydrogen (secondary N) is 1. The molecule has 1 aliphatic rings. The molecular weight excluding hydrogens is 472 g/mol. The number of halogens is 2. The van der Waals surface area contributed by atoms with Gasteiger partial charge in [0.1, 0.15) is 0 Å². The molecule has 4 nitrogen and oxygen atoms in total. The van der Waals surface area contributed by atoms with E-state index in [1.165, 1.54) is 5.57 Å². The lowest BCUT2D eigenvalue weighted by Crippen LogP contribution is -2.37. The van der Waals surface area contributed by atoms with E-state index in [0.717, 1.165) is 32.2 Å². The summed E-state index contributed by atoms with van der Waals surface area (Å²) in [5.74, 6) is 0. The maximum Gasteiger partial charge on any atom is 0.410 e. The average molecular weight is 494 g/mol. The summed E-state index contributed by atoms with van der Waals surface area (Å²) in [5.41, 5.74) is 4.50. The summed E-state index contributed by atoms with van der Waals surface area (Å²) in [6, 6.07) is 14.1. The van der Waals surface area contributed by atoms with Gasteiger partial charge in [0, 0.05) is 33.8 Å². The van der Waals surface area contributed by atoms with Crippen molar-refractivity contribution in [3.05, 3.63) is 68.6 Å². The van der Waals surface area contributed by atoms with Crippen molar-refractivity contribution >= 4 is 49.2 Å². The molecule has 1 aliphatic heterocycles. The first-order valence-electron chi connectivity index (χ1n) is 8.90. The Labute approximate surface area is 176 Å². The van der Waals surface area contributed by atoms with Crippen LogP contribution in [-0.4, -0.2) is 31.2 Å². The van der Waals surface area contributed by atoms with Crippen LogP contribution in [0.3, 0.4) is 0 Å². The predicted octanol–water partition coefficient (Wildman–Crippen LogP) is 6.24. The zero-order valence-electron chi connectivity index (χ0n) is 15.3. The van der Waals surface area contributed by atoms with E-state index in [4.69, 9.17) is 4.74 Å². The molecule has 1 amide bonds. The van der Waals surface area contributed by atoms with Crippen LogP contribution in [0.2, 0.25) is 0 Å². The van der Waals surface area contributed by atoms with E-state index in [9.17, 15) is 4.79 Å². The van der Waals surface area contributed by atoms with Gasteiger partial charge >= 0.3 is 6.09 Å². The first-order valence-corrected chi connectivity index (χ1v) is 10.5. The Hall–Kier alpha value is -1.79. The fourth-order valence-electron chi connectivity index (χ4n) is 3.32. The van der Waals surface area contributed by atoms with Crippen molar-refractivity contribution in [3.63, 3.8) is 0 Å². The fraction of sp³-hybridized carbons (Fsp3) is 0.286. The van der Waals surface area contributed by atoms with Gasteiger partial charge in [-0.15, -0.1) is 0 Å². The molecule has 1 unspecified atom stereocenters. The Kier molecular flexibility index (Phi) is 6.60. The van der Waals surface area contributed by atoms with Crippen molar-refractivity contribution < 1.29 is 9.53 Å². The third-order valence-electron chi connectivity index (χ3n) is 4.63. The molecule has 0 aliphatic carbocycles. The van der Waals surface area contributed by atoms with Crippen LogP contribution in [0.25, 0.3) is 5.57 Å². The van der Waals surface area contributed by atoms with Gasteiger partial charge in [0.15, 0.2) is 0 Å². The zero-order valence-corrected chi connectivity index (χ0v) is 18.5. The summed E-state index contributed by atoms with van der Waals surface area (Å²) in [5, 5.41) is 3.26. The SMILES string of the molecule is CCOC(=O)N1CCC(c2cc(Br)ccc2NC)=CC1c1ccc(Br)cc1. The Morgan fingerprint density at radius 3 is 2.56 bits per heavy atom. The number of ether oxygens (including phenoxy) is 1. The molecule has 0 aromatic heterocycles. The normalized spacial score (nSPS) is 16.7. The van der Waals surface area contributed by atoms with Crippen LogP contribution in [0.15, 0.2) is 57.5 Å². The van der Waals surface area contributed by atoms with Crippen molar-refractivity contribution in [2.45, 2.75) is 19.4 Å². The highest BCUT2D eigenvalue weighted by atomic mass is 79.9. The summed E-state index contributed by atoms with van der Waals surface area (Å²) in [7, 11) is 1.92. The van der Waals surface area contributed by atoms with E-state index in [1.807, 2.05) is 44.3 Å². The van der Waals surface area contributed by atoms with E-state index in [0.29, 0.717) is 13.2 Å². The van der Waals surface area contributed by atoms with E-state index in [1.54, 1.807) is 4.90 Å². The molecule has 1 N–H and O–H groups in total. The van der Waals surface area contributed by atoms with Crippen LogP contribution in [-0.2, 0) is 4.74 Å². The van der Waals surface area contributed by atoms with Gasteiger partial charge in [-0.3, -0.25) is 4.90 Å². The Balaban J connectivity index is 2.04. The Morgan fingerprint density at radius 2 is 1.89 bits per heavy atom. The van der Waals surface area contributed by atoms with Gasteiger partial charge in [0.05, 0.1) is 12.6 Å². The lowest BCUT2D eigenvalue weighted by Gasteiger charge is -2.34. The number of hydrogen-bond acceptors (Lipinski definition) is 3. The minimum Gasteiger partial charge on any atom is -0.450 e. The lowest BCUT2D eigenvalue weighted by molar-refractivity contribution is 0.0968. The van der Waals surface area contributed by atoms with Gasteiger partial charge in [-0.05, 0) is 54.8 Å². The maximum absolute atomic E-state index is 12.5. The molecule has 0 spiro atoms. The Morgan fingerprint density at radius 1 is 1.19 bits per heavy atom. The van der Waals surface area contributed by atoms with Crippen molar-refractivity contribution in [3.8, 4) is 0 Å². The predicted molar refractivity (Wildman–Crippen MR) is 117 cm³/mol. The quantitative estimate of drug-likeness (QED) is 0.548. The van der Waals surface area contributed by atoms with Crippen molar-refractivity contribution in [2.24, 2.45) is 0 Å². The molecule has 2 aromatic carbocycles. The van der Waals surface area contributed by atoms with Crippen LogP contribution >= 0.6 is 31.9 Å². The fourth-order valence-corrected chi connectivity index (χ4v) is 3.94. The molecule has 6 heteroatoms. The number of benzene rings is 2. The minimum atomic E-state index is -0.274. The number of rotatable bonds is 4. The molecule has 1 heterocycles. The standard InChI is InChI=1S/C21H22Br2N2O2/c1-3-27-21(26)25-11-10-15(18-13-17(23)8-9-19(18)24-2)12-20(25)14-4-6-16(22)7-5-14/h4-9,12-13,20,24H,3,10-11H2,1-2H3. The molecule has 2 aromatic rings. The van der Waals surface area contributed by atoms with Gasteiger partial charge in [0.2, 0.25) is 0 Å². The van der Waals surface area contributed by atoms with E-state index in [-0.39, 0.29) is 12.1 Å². The number of amides is 1. The monoisotopic (exact) mass is 492 g/mol. The number of carbonyl (C=O) groups is 1. The summed E-state index contributed by atoms with van der Waals surface area (Å²) < 4.78 is 7.34. The summed E-state index contributed by atoms with van der Waals surface area (Å²) in [4.78, 5) is 14.3. The molecular formula is C21H22Br2N2O2. The van der Waals surface area contributed by atoms with E-state index >= 15 is 0 Å². The molecule has 27 heavy (non-hydrogen) atoms. The third kappa shape index (κ3) is 4.55. The van der Waals surface area contributed by atoms with Gasteiger partial charge in [-0.1, -0.05) is 50.1 Å². The van der Waals surface area contributed by atoms with Crippen LogP contribution < -0.4 is 5.32 Å². The number of anilines is 1. The van der Waals surface area contributed by atoms with Gasteiger partial charge in [0.25, 0.3) is 0 Å². The topological polar surface area (TPSA) is 41.6 Å². The van der Waals surface area contributed by atoms with Crippen LogP contribution in [0.5, 0.6) is 0 Å². The minimum absolute atomic E-state index is 0.162. The van der Waals surface area contributed by atoms with Crippen molar-refractivity contribution in [1.82, 2.24) is 4.90 Å². The molecule has 0 saturated carbocycles. The summed E-state index contributed by atoms with van der Waals surface area (Å²) in [6.07, 6.45) is 2.67. The summed E-state index contributed by atoms with van der Waals surface area (Å²) >= 11 is 7.05. The van der Waals surface area contributed by atoms with Gasteiger partial charge < -0.3 is 10.1 Å². The smallest absolute Gasteiger partial charge is 0.410 e. The first kappa shape index (κ1) is 20.0. The first-order chi connectivity index (χ1) is 13.0. The van der Waals surface area contributed by atoms with Gasteiger partial charge in [-0.25, -0.2) is 4.79 Å². The highest BCUT2D eigenvalue weighted by Crippen LogP contribution is 2.37. The molecule has 0 saturated heterocycles. The second-order valence-electron chi connectivity index (χ2n) is 6.27.